The van der Waals surface area contributed by atoms with Crippen LogP contribution in [0.5, 0.6) is 0 Å². The van der Waals surface area contributed by atoms with Gasteiger partial charge in [0.25, 0.3) is 0 Å². The lowest BCUT2D eigenvalue weighted by atomic mass is 9.77. The Labute approximate surface area is 355 Å². The molecule has 0 N–H and O–H groups in total. The maximum atomic E-state index is 6.75. The number of aryl methyl sites for hydroxylation is 2. The highest BCUT2D eigenvalue weighted by atomic mass is 16.3. The van der Waals surface area contributed by atoms with E-state index in [1.807, 2.05) is 6.07 Å². The molecule has 10 aromatic rings. The molecule has 0 aliphatic heterocycles. The van der Waals surface area contributed by atoms with Gasteiger partial charge in [0.05, 0.1) is 11.9 Å². The minimum atomic E-state index is 0.775. The van der Waals surface area contributed by atoms with E-state index in [0.29, 0.717) is 0 Å². The quantitative estimate of drug-likeness (QED) is 0.174. The number of para-hydroxylation sites is 1. The van der Waals surface area contributed by atoms with E-state index in [1.165, 1.54) is 83.5 Å². The standard InChI is InChI=1S/C57H41N3O/c1-32-28-45-39-18-10-8-16-37(39)30-47(45)52(34(32)3)43-24-25-51-56(42-20-12-13-21-50(42)61-51)54(43)44-23-22-41(36-14-6-5-7-15-36)57(55(44)49-26-27-58-60-59-49)53-35(4)33(2)29-46-40-19-11-9-17-38(40)31-48(46)53/h5-29H,30-31H2,1-4H3. The third-order valence-corrected chi connectivity index (χ3v) is 13.6. The van der Waals surface area contributed by atoms with Crippen LogP contribution in [0.25, 0.3) is 100.0 Å². The lowest BCUT2D eigenvalue weighted by Gasteiger charge is -2.26. The zero-order valence-corrected chi connectivity index (χ0v) is 34.6. The molecular weight excluding hydrogens is 743 g/mol. The molecular formula is C57H41N3O. The number of fused-ring (bicyclic) bond motifs is 9. The molecule has 12 rings (SSSR count). The SMILES string of the molecule is Cc1cc2c(c(-c3ccc4oc5ccccc5c4c3-c3ccc(-c4ccccc4)c(-c4c(C)c(C)cc5c4Cc4ccccc4-5)c3-c3ccnnn3)c1C)Cc1ccccc1-2. The van der Waals surface area contributed by atoms with Crippen molar-refractivity contribution < 1.29 is 4.42 Å². The molecule has 290 valence electrons. The van der Waals surface area contributed by atoms with Crippen LogP contribution in [0.4, 0.5) is 0 Å². The van der Waals surface area contributed by atoms with Crippen molar-refractivity contribution in [3.63, 3.8) is 0 Å². The largest absolute Gasteiger partial charge is 0.456 e. The van der Waals surface area contributed by atoms with Gasteiger partial charge in [-0.15, -0.1) is 10.2 Å². The first-order valence-corrected chi connectivity index (χ1v) is 21.2. The predicted molar refractivity (Wildman–Crippen MR) is 250 cm³/mol. The molecule has 0 unspecified atom stereocenters. The van der Waals surface area contributed by atoms with E-state index >= 15 is 0 Å². The van der Waals surface area contributed by atoms with Crippen LogP contribution in [0.1, 0.15) is 44.5 Å². The maximum absolute atomic E-state index is 6.75. The highest BCUT2D eigenvalue weighted by Gasteiger charge is 2.32. The third-order valence-electron chi connectivity index (χ3n) is 13.6. The number of hydrogen-bond acceptors (Lipinski definition) is 4. The second-order valence-electron chi connectivity index (χ2n) is 16.8. The molecule has 0 radical (unpaired) electrons. The van der Waals surface area contributed by atoms with Crippen LogP contribution in [-0.2, 0) is 12.8 Å². The minimum absolute atomic E-state index is 0.775. The van der Waals surface area contributed by atoms with Gasteiger partial charge in [0, 0.05) is 27.5 Å². The molecule has 0 atom stereocenters. The second kappa shape index (κ2) is 13.6. The highest BCUT2D eigenvalue weighted by molar-refractivity contribution is 6.19. The van der Waals surface area contributed by atoms with Crippen LogP contribution >= 0.6 is 0 Å². The Bertz CT molecular complexity index is 3450. The lowest BCUT2D eigenvalue weighted by Crippen LogP contribution is -2.03. The average molecular weight is 784 g/mol. The van der Waals surface area contributed by atoms with Crippen LogP contribution in [0.2, 0.25) is 0 Å². The van der Waals surface area contributed by atoms with Gasteiger partial charge in [-0.25, -0.2) is 0 Å². The Kier molecular flexibility index (Phi) is 7.89. The summed E-state index contributed by atoms with van der Waals surface area (Å²) in [5, 5.41) is 15.7. The van der Waals surface area contributed by atoms with E-state index in [0.717, 1.165) is 73.9 Å². The van der Waals surface area contributed by atoms with E-state index in [1.54, 1.807) is 6.20 Å². The summed E-state index contributed by atoms with van der Waals surface area (Å²) in [4.78, 5) is 0. The molecule has 4 heteroatoms. The van der Waals surface area contributed by atoms with Gasteiger partial charge >= 0.3 is 0 Å². The molecule has 2 aromatic heterocycles. The van der Waals surface area contributed by atoms with Gasteiger partial charge in [-0.05, 0) is 170 Å². The summed E-state index contributed by atoms with van der Waals surface area (Å²) >= 11 is 0. The molecule has 0 bridgehead atoms. The predicted octanol–water partition coefficient (Wildman–Crippen LogP) is 14.5. The number of hydrogen-bond donors (Lipinski definition) is 0. The molecule has 2 aliphatic carbocycles. The molecule has 8 aromatic carbocycles. The summed E-state index contributed by atoms with van der Waals surface area (Å²) in [6, 6.07) is 53.1. The first-order valence-electron chi connectivity index (χ1n) is 21.2. The maximum Gasteiger partial charge on any atom is 0.136 e. The summed E-state index contributed by atoms with van der Waals surface area (Å²) in [7, 11) is 0. The van der Waals surface area contributed by atoms with Crippen molar-refractivity contribution in [3.05, 3.63) is 196 Å². The smallest absolute Gasteiger partial charge is 0.136 e. The van der Waals surface area contributed by atoms with Crippen LogP contribution < -0.4 is 0 Å². The molecule has 0 fully saturated rings. The lowest BCUT2D eigenvalue weighted by molar-refractivity contribution is 0.669. The van der Waals surface area contributed by atoms with Crippen molar-refractivity contribution in [2.45, 2.75) is 40.5 Å². The second-order valence-corrected chi connectivity index (χ2v) is 16.8. The van der Waals surface area contributed by atoms with E-state index in [4.69, 9.17) is 9.52 Å². The van der Waals surface area contributed by atoms with Crippen molar-refractivity contribution in [2.24, 2.45) is 0 Å². The molecule has 0 saturated carbocycles. The molecule has 0 saturated heterocycles. The van der Waals surface area contributed by atoms with Crippen molar-refractivity contribution in [3.8, 4) is 78.0 Å². The zero-order chi connectivity index (χ0) is 40.9. The van der Waals surface area contributed by atoms with E-state index in [2.05, 4.69) is 178 Å². The molecule has 2 aliphatic rings. The van der Waals surface area contributed by atoms with Crippen LogP contribution in [-0.4, -0.2) is 15.4 Å². The Morgan fingerprint density at radius 3 is 1.74 bits per heavy atom. The minimum Gasteiger partial charge on any atom is -0.456 e. The molecule has 2 heterocycles. The van der Waals surface area contributed by atoms with Gasteiger partial charge in [0.2, 0.25) is 0 Å². The summed E-state index contributed by atoms with van der Waals surface area (Å²) < 4.78 is 6.75. The Hall–Kier alpha value is -7.43. The summed E-state index contributed by atoms with van der Waals surface area (Å²) in [5.74, 6) is 0. The Morgan fingerprint density at radius 1 is 0.443 bits per heavy atom. The van der Waals surface area contributed by atoms with Gasteiger partial charge in [0.1, 0.15) is 11.2 Å². The fourth-order valence-corrected chi connectivity index (χ4v) is 10.6. The first-order chi connectivity index (χ1) is 29.9. The first kappa shape index (κ1) is 35.5. The Balaban J connectivity index is 1.28. The fourth-order valence-electron chi connectivity index (χ4n) is 10.6. The molecule has 0 amide bonds. The average Bonchev–Trinajstić information content (AvgIpc) is 3.98. The number of nitrogens with zero attached hydrogens (tertiary/aromatic N) is 3. The highest BCUT2D eigenvalue weighted by Crippen LogP contribution is 2.55. The van der Waals surface area contributed by atoms with Crippen molar-refractivity contribution in [2.75, 3.05) is 0 Å². The van der Waals surface area contributed by atoms with Gasteiger partial charge in [0.15, 0.2) is 0 Å². The number of rotatable bonds is 5. The van der Waals surface area contributed by atoms with E-state index in [9.17, 15) is 0 Å². The van der Waals surface area contributed by atoms with Crippen LogP contribution in [0.3, 0.4) is 0 Å². The van der Waals surface area contributed by atoms with Crippen LogP contribution in [0.15, 0.2) is 156 Å². The summed E-state index contributed by atoms with van der Waals surface area (Å²) in [6.45, 7) is 9.11. The number of aromatic nitrogens is 3. The van der Waals surface area contributed by atoms with E-state index < -0.39 is 0 Å². The molecule has 61 heavy (non-hydrogen) atoms. The summed E-state index contributed by atoms with van der Waals surface area (Å²) in [6.07, 6.45) is 3.50. The fraction of sp³-hybridized carbons (Fsp3) is 0.105. The molecule has 4 nitrogen and oxygen atoms in total. The van der Waals surface area contributed by atoms with Gasteiger partial charge in [-0.3, -0.25) is 0 Å². The monoisotopic (exact) mass is 783 g/mol. The van der Waals surface area contributed by atoms with Crippen molar-refractivity contribution in [1.29, 1.82) is 0 Å². The number of furan rings is 1. The van der Waals surface area contributed by atoms with Crippen molar-refractivity contribution >= 4 is 21.9 Å². The van der Waals surface area contributed by atoms with Gasteiger partial charge < -0.3 is 4.42 Å². The van der Waals surface area contributed by atoms with Crippen molar-refractivity contribution in [1.82, 2.24) is 15.4 Å². The van der Waals surface area contributed by atoms with Gasteiger partial charge in [-0.2, -0.15) is 0 Å². The topological polar surface area (TPSA) is 51.8 Å². The van der Waals surface area contributed by atoms with E-state index in [-0.39, 0.29) is 0 Å². The van der Waals surface area contributed by atoms with Gasteiger partial charge in [-0.1, -0.05) is 121 Å². The normalized spacial score (nSPS) is 12.5. The van der Waals surface area contributed by atoms with Crippen LogP contribution in [0, 0.1) is 27.7 Å². The molecule has 0 spiro atoms. The third kappa shape index (κ3) is 5.28. The number of benzene rings is 8. The summed E-state index contributed by atoms with van der Waals surface area (Å²) in [5.41, 5.74) is 28.7. The zero-order valence-electron chi connectivity index (χ0n) is 34.6. The Morgan fingerprint density at radius 2 is 1.03 bits per heavy atom.